The summed E-state index contributed by atoms with van der Waals surface area (Å²) in [7, 11) is 7.63. The topological polar surface area (TPSA) is 83.5 Å². The van der Waals surface area contributed by atoms with Crippen molar-refractivity contribution in [1.29, 1.82) is 0 Å². The van der Waals surface area contributed by atoms with Crippen molar-refractivity contribution in [2.45, 2.75) is 0 Å². The summed E-state index contributed by atoms with van der Waals surface area (Å²) in [6.07, 6.45) is 7.09. The lowest BCUT2D eigenvalue weighted by molar-refractivity contribution is -0.110. The van der Waals surface area contributed by atoms with Crippen LogP contribution in [0.15, 0.2) is 54.3 Å². The fourth-order valence-corrected chi connectivity index (χ4v) is 2.81. The Morgan fingerprint density at radius 3 is 2.00 bits per heavy atom. The summed E-state index contributed by atoms with van der Waals surface area (Å²) in [5.74, 6) is 1.96. The van der Waals surface area contributed by atoms with E-state index in [1.54, 1.807) is 56.7 Å². The molecule has 0 aliphatic rings. The Morgan fingerprint density at radius 1 is 0.742 bits per heavy atom. The van der Waals surface area contributed by atoms with Gasteiger partial charge in [-0.15, -0.1) is 0 Å². The van der Waals surface area contributed by atoms with E-state index in [4.69, 9.17) is 23.7 Å². The van der Waals surface area contributed by atoms with Gasteiger partial charge in [-0.25, -0.2) is 0 Å². The molecular formula is C24H26O7. The zero-order chi connectivity index (χ0) is 22.8. The molecule has 0 aliphatic carbocycles. The second-order valence-electron chi connectivity index (χ2n) is 6.18. The Hall–Kier alpha value is -3.87. The number of allylic oxidation sites excluding steroid dienone is 3. The van der Waals surface area contributed by atoms with E-state index in [9.17, 15) is 9.90 Å². The Kier molecular flexibility index (Phi) is 8.57. The molecule has 0 saturated heterocycles. The Labute approximate surface area is 181 Å². The van der Waals surface area contributed by atoms with Crippen LogP contribution in [-0.2, 0) is 4.79 Å². The van der Waals surface area contributed by atoms with E-state index in [1.165, 1.54) is 33.5 Å². The molecule has 0 radical (unpaired) electrons. The first-order chi connectivity index (χ1) is 15.0. The van der Waals surface area contributed by atoms with Crippen molar-refractivity contribution in [3.05, 3.63) is 65.4 Å². The Morgan fingerprint density at radius 2 is 1.39 bits per heavy atom. The molecule has 2 aromatic carbocycles. The predicted molar refractivity (Wildman–Crippen MR) is 119 cm³/mol. The van der Waals surface area contributed by atoms with Crippen LogP contribution in [0.4, 0.5) is 0 Å². The van der Waals surface area contributed by atoms with Gasteiger partial charge >= 0.3 is 0 Å². The van der Waals surface area contributed by atoms with Gasteiger partial charge in [-0.05, 0) is 48.1 Å². The quantitative estimate of drug-likeness (QED) is 0.341. The van der Waals surface area contributed by atoms with Gasteiger partial charge in [0.25, 0.3) is 0 Å². The summed E-state index contributed by atoms with van der Waals surface area (Å²) >= 11 is 0. The normalized spacial score (nSPS) is 11.6. The van der Waals surface area contributed by atoms with Crippen molar-refractivity contribution in [3.63, 3.8) is 0 Å². The third-order valence-electron chi connectivity index (χ3n) is 4.31. The summed E-state index contributed by atoms with van der Waals surface area (Å²) in [4.78, 5) is 12.2. The summed E-state index contributed by atoms with van der Waals surface area (Å²) in [6.45, 7) is 0. The summed E-state index contributed by atoms with van der Waals surface area (Å²) in [6, 6.07) is 8.77. The lowest BCUT2D eigenvalue weighted by Gasteiger charge is -2.13. The number of ether oxygens (including phenoxy) is 5. The van der Waals surface area contributed by atoms with Crippen LogP contribution >= 0.6 is 0 Å². The first kappa shape index (κ1) is 23.4. The van der Waals surface area contributed by atoms with E-state index in [-0.39, 0.29) is 5.76 Å². The van der Waals surface area contributed by atoms with E-state index in [0.29, 0.717) is 34.3 Å². The molecule has 1 N–H and O–H groups in total. The number of aliphatic hydroxyl groups is 1. The van der Waals surface area contributed by atoms with Crippen molar-refractivity contribution in [3.8, 4) is 28.7 Å². The summed E-state index contributed by atoms with van der Waals surface area (Å²) in [5.41, 5.74) is 1.40. The predicted octanol–water partition coefficient (Wildman–Crippen LogP) is 4.47. The van der Waals surface area contributed by atoms with Gasteiger partial charge in [0.15, 0.2) is 28.8 Å². The molecule has 0 unspecified atom stereocenters. The fraction of sp³-hybridized carbons (Fsp3) is 0.208. The first-order valence-electron chi connectivity index (χ1n) is 9.29. The molecule has 0 heterocycles. The van der Waals surface area contributed by atoms with Gasteiger partial charge in [-0.2, -0.15) is 0 Å². The number of ketones is 1. The van der Waals surface area contributed by atoms with Crippen molar-refractivity contribution < 1.29 is 33.6 Å². The van der Waals surface area contributed by atoms with Gasteiger partial charge in [0, 0.05) is 11.6 Å². The number of hydrogen-bond acceptors (Lipinski definition) is 7. The number of rotatable bonds is 10. The molecule has 0 saturated carbocycles. The number of methoxy groups -OCH3 is 5. The van der Waals surface area contributed by atoms with Crippen molar-refractivity contribution in [2.75, 3.05) is 35.5 Å². The lowest BCUT2D eigenvalue weighted by atomic mass is 10.1. The molecule has 2 aromatic rings. The van der Waals surface area contributed by atoms with Crippen molar-refractivity contribution in [1.82, 2.24) is 0 Å². The summed E-state index contributed by atoms with van der Waals surface area (Å²) < 4.78 is 26.4. The molecule has 0 aromatic heterocycles. The molecule has 0 spiro atoms. The molecule has 0 bridgehead atoms. The molecule has 0 aliphatic heterocycles. The van der Waals surface area contributed by atoms with Gasteiger partial charge in [-0.3, -0.25) is 4.79 Å². The minimum atomic E-state index is -0.397. The zero-order valence-electron chi connectivity index (χ0n) is 18.2. The average Bonchev–Trinajstić information content (AvgIpc) is 2.80. The second-order valence-corrected chi connectivity index (χ2v) is 6.18. The molecule has 0 fully saturated rings. The van der Waals surface area contributed by atoms with E-state index in [1.807, 2.05) is 0 Å². The third-order valence-corrected chi connectivity index (χ3v) is 4.31. The van der Waals surface area contributed by atoms with Gasteiger partial charge in [0.2, 0.25) is 5.75 Å². The average molecular weight is 426 g/mol. The largest absolute Gasteiger partial charge is 0.508 e. The van der Waals surface area contributed by atoms with Crippen LogP contribution in [0, 0.1) is 0 Å². The van der Waals surface area contributed by atoms with E-state index < -0.39 is 5.78 Å². The van der Waals surface area contributed by atoms with Crippen LogP contribution < -0.4 is 23.7 Å². The molecule has 7 nitrogen and oxygen atoms in total. The zero-order valence-corrected chi connectivity index (χ0v) is 18.2. The van der Waals surface area contributed by atoms with E-state index in [2.05, 4.69) is 0 Å². The molecular weight excluding hydrogens is 400 g/mol. The Bertz CT molecular complexity index is 1000. The number of carbonyl (C=O) groups is 1. The van der Waals surface area contributed by atoms with Gasteiger partial charge in [0.05, 0.1) is 35.5 Å². The molecule has 7 heteroatoms. The molecule has 31 heavy (non-hydrogen) atoms. The van der Waals surface area contributed by atoms with Crippen LogP contribution in [-0.4, -0.2) is 46.4 Å². The van der Waals surface area contributed by atoms with Crippen LogP contribution in [0.1, 0.15) is 11.1 Å². The molecule has 164 valence electrons. The Balaban J connectivity index is 2.16. The van der Waals surface area contributed by atoms with E-state index >= 15 is 0 Å². The second kappa shape index (κ2) is 11.3. The van der Waals surface area contributed by atoms with Crippen LogP contribution in [0.5, 0.6) is 28.7 Å². The minimum Gasteiger partial charge on any atom is -0.508 e. The monoisotopic (exact) mass is 426 g/mol. The van der Waals surface area contributed by atoms with Crippen molar-refractivity contribution >= 4 is 17.9 Å². The number of benzene rings is 2. The third kappa shape index (κ3) is 6.05. The maximum Gasteiger partial charge on any atom is 0.203 e. The highest BCUT2D eigenvalue weighted by molar-refractivity contribution is 6.02. The summed E-state index contributed by atoms with van der Waals surface area (Å²) in [5, 5.41) is 10.1. The van der Waals surface area contributed by atoms with Crippen LogP contribution in [0.2, 0.25) is 0 Å². The molecule has 2 rings (SSSR count). The maximum atomic E-state index is 12.2. The SMILES string of the molecule is COc1ccc(/C=C/C(O)=CC(=O)/C=C/c2ccc(OC)c(OC)c2OC)cc1OC. The highest BCUT2D eigenvalue weighted by Gasteiger charge is 2.14. The van der Waals surface area contributed by atoms with Crippen molar-refractivity contribution in [2.24, 2.45) is 0 Å². The molecule has 0 atom stereocenters. The van der Waals surface area contributed by atoms with E-state index in [0.717, 1.165) is 11.6 Å². The number of aliphatic hydroxyl groups excluding tert-OH is 1. The highest BCUT2D eigenvalue weighted by Crippen LogP contribution is 2.40. The van der Waals surface area contributed by atoms with Crippen LogP contribution in [0.3, 0.4) is 0 Å². The standard InChI is InChI=1S/C24H26O7/c1-27-20-12-7-16(14-22(20)29-3)6-10-18(25)15-19(26)11-8-17-9-13-21(28-2)24(31-5)23(17)30-4/h6-15,25H,1-5H3/b10-6+,11-8+,18-15?. The van der Waals surface area contributed by atoms with Gasteiger partial charge in [-0.1, -0.05) is 12.1 Å². The number of carbonyl (C=O) groups excluding carboxylic acids is 1. The first-order valence-corrected chi connectivity index (χ1v) is 9.29. The smallest absolute Gasteiger partial charge is 0.203 e. The fourth-order valence-electron chi connectivity index (χ4n) is 2.81. The maximum absolute atomic E-state index is 12.2. The number of hydrogen-bond donors (Lipinski definition) is 1. The van der Waals surface area contributed by atoms with Gasteiger partial charge in [0.1, 0.15) is 5.76 Å². The van der Waals surface area contributed by atoms with Crippen LogP contribution in [0.25, 0.3) is 12.2 Å². The highest BCUT2D eigenvalue weighted by atomic mass is 16.5. The van der Waals surface area contributed by atoms with Gasteiger partial charge < -0.3 is 28.8 Å². The lowest BCUT2D eigenvalue weighted by Crippen LogP contribution is -1.97. The molecule has 0 amide bonds. The minimum absolute atomic E-state index is 0.191.